The van der Waals surface area contributed by atoms with E-state index in [4.69, 9.17) is 20.7 Å². The van der Waals surface area contributed by atoms with Gasteiger partial charge in [0.15, 0.2) is 0 Å². The first-order valence-corrected chi connectivity index (χ1v) is 9.60. The molecule has 1 saturated heterocycles. The molecule has 24 heavy (non-hydrogen) atoms. The normalized spacial score (nSPS) is 20.3. The molecule has 2 heterocycles. The van der Waals surface area contributed by atoms with Crippen LogP contribution in [0.5, 0.6) is 11.5 Å². The number of rotatable bonds is 3. The van der Waals surface area contributed by atoms with E-state index in [9.17, 15) is 0 Å². The predicted molar refractivity (Wildman–Crippen MR) is 101 cm³/mol. The van der Waals surface area contributed by atoms with Crippen molar-refractivity contribution in [2.24, 2.45) is 4.40 Å². The summed E-state index contributed by atoms with van der Waals surface area (Å²) >= 11 is 7.70. The van der Waals surface area contributed by atoms with Crippen molar-refractivity contribution in [1.29, 1.82) is 0 Å². The maximum absolute atomic E-state index is 6.00. The molecule has 0 spiro atoms. The Kier molecular flexibility index (Phi) is 4.67. The van der Waals surface area contributed by atoms with Crippen LogP contribution in [0.25, 0.3) is 0 Å². The lowest BCUT2D eigenvalue weighted by Gasteiger charge is -2.37. The van der Waals surface area contributed by atoms with Gasteiger partial charge in [-0.15, -0.1) is 0 Å². The molecule has 0 N–H and O–H groups in total. The Hall–Kier alpha value is -1.65. The highest BCUT2D eigenvalue weighted by Gasteiger charge is 2.29. The number of nitrogens with zero attached hydrogens (tertiary/aromatic N) is 2. The molecule has 0 bridgehead atoms. The van der Waals surface area contributed by atoms with Crippen LogP contribution in [-0.2, 0) is 0 Å². The molecule has 1 atom stereocenters. The van der Waals surface area contributed by atoms with Crippen LogP contribution in [-0.4, -0.2) is 29.6 Å². The van der Waals surface area contributed by atoms with E-state index in [2.05, 4.69) is 17.0 Å². The first-order valence-electron chi connectivity index (χ1n) is 8.28. The highest BCUT2D eigenvalue weighted by Crippen LogP contribution is 2.34. The average molecular weight is 359 g/mol. The summed E-state index contributed by atoms with van der Waals surface area (Å²) in [5.41, 5.74) is 1.32. The van der Waals surface area contributed by atoms with Gasteiger partial charge in [0.05, 0.1) is 0 Å². The van der Waals surface area contributed by atoms with Crippen molar-refractivity contribution in [1.82, 2.24) is 4.90 Å². The summed E-state index contributed by atoms with van der Waals surface area (Å²) in [5, 5.41) is 0.680. The van der Waals surface area contributed by atoms with Crippen molar-refractivity contribution < 1.29 is 4.74 Å². The highest BCUT2D eigenvalue weighted by atomic mass is 35.5. The van der Waals surface area contributed by atoms with Gasteiger partial charge in [-0.3, -0.25) is 0 Å². The number of halogens is 1. The molecular weight excluding hydrogens is 340 g/mol. The SMILES string of the molecule is Clc1cccc(Oc2ccc([C@H]3CCCN4CCSN=C34)cc2)c1. The lowest BCUT2D eigenvalue weighted by molar-refractivity contribution is 0.371. The quantitative estimate of drug-likeness (QED) is 0.689. The lowest BCUT2D eigenvalue weighted by atomic mass is 9.89. The molecule has 2 aromatic rings. The van der Waals surface area contributed by atoms with Gasteiger partial charge in [-0.2, -0.15) is 0 Å². The molecule has 5 heteroatoms. The van der Waals surface area contributed by atoms with E-state index in [-0.39, 0.29) is 0 Å². The molecule has 124 valence electrons. The highest BCUT2D eigenvalue weighted by molar-refractivity contribution is 7.98. The third-order valence-electron chi connectivity index (χ3n) is 4.48. The minimum Gasteiger partial charge on any atom is -0.457 e. The van der Waals surface area contributed by atoms with Gasteiger partial charge in [0.1, 0.15) is 17.3 Å². The lowest BCUT2D eigenvalue weighted by Crippen LogP contribution is -2.42. The zero-order valence-corrected chi connectivity index (χ0v) is 14.9. The molecule has 3 nitrogen and oxygen atoms in total. The monoisotopic (exact) mass is 358 g/mol. The van der Waals surface area contributed by atoms with Crippen molar-refractivity contribution in [3.8, 4) is 11.5 Å². The van der Waals surface area contributed by atoms with Crippen LogP contribution in [0.3, 0.4) is 0 Å². The molecule has 4 rings (SSSR count). The van der Waals surface area contributed by atoms with E-state index in [1.807, 2.05) is 36.4 Å². The summed E-state index contributed by atoms with van der Waals surface area (Å²) < 4.78 is 10.6. The minimum absolute atomic E-state index is 0.409. The van der Waals surface area contributed by atoms with Crippen LogP contribution >= 0.6 is 23.5 Å². The Morgan fingerprint density at radius 1 is 1.08 bits per heavy atom. The van der Waals surface area contributed by atoms with Crippen LogP contribution in [0.2, 0.25) is 5.02 Å². The third-order valence-corrected chi connectivity index (χ3v) is 5.40. The van der Waals surface area contributed by atoms with E-state index in [1.54, 1.807) is 11.9 Å². The van der Waals surface area contributed by atoms with Gasteiger partial charge >= 0.3 is 0 Å². The molecule has 0 unspecified atom stereocenters. The van der Waals surface area contributed by atoms with Gasteiger partial charge in [0, 0.05) is 29.8 Å². The maximum atomic E-state index is 6.00. The van der Waals surface area contributed by atoms with Crippen LogP contribution in [0.15, 0.2) is 52.9 Å². The van der Waals surface area contributed by atoms with Crippen molar-refractivity contribution in [3.63, 3.8) is 0 Å². The van der Waals surface area contributed by atoms with Crippen LogP contribution in [0, 0.1) is 0 Å². The van der Waals surface area contributed by atoms with E-state index in [0.717, 1.165) is 30.3 Å². The van der Waals surface area contributed by atoms with Crippen molar-refractivity contribution >= 4 is 29.4 Å². The number of hydrogen-bond donors (Lipinski definition) is 0. The molecule has 2 aliphatic rings. The third kappa shape index (κ3) is 3.40. The molecule has 0 saturated carbocycles. The molecule has 0 aliphatic carbocycles. The summed E-state index contributed by atoms with van der Waals surface area (Å²) in [6.45, 7) is 2.27. The van der Waals surface area contributed by atoms with Crippen molar-refractivity contribution in [3.05, 3.63) is 59.1 Å². The minimum atomic E-state index is 0.409. The zero-order valence-electron chi connectivity index (χ0n) is 13.3. The van der Waals surface area contributed by atoms with Gasteiger partial charge < -0.3 is 9.64 Å². The van der Waals surface area contributed by atoms with Crippen LogP contribution in [0.4, 0.5) is 0 Å². The maximum Gasteiger partial charge on any atom is 0.128 e. The van der Waals surface area contributed by atoms with Crippen LogP contribution in [0.1, 0.15) is 24.3 Å². The number of benzene rings is 2. The van der Waals surface area contributed by atoms with E-state index in [1.165, 1.54) is 24.2 Å². The van der Waals surface area contributed by atoms with Gasteiger partial charge in [-0.1, -0.05) is 29.8 Å². The van der Waals surface area contributed by atoms with E-state index >= 15 is 0 Å². The molecule has 2 aliphatic heterocycles. The first kappa shape index (κ1) is 15.9. The van der Waals surface area contributed by atoms with Gasteiger partial charge in [0.25, 0.3) is 0 Å². The summed E-state index contributed by atoms with van der Waals surface area (Å²) in [6, 6.07) is 15.9. The van der Waals surface area contributed by atoms with E-state index in [0.29, 0.717) is 10.9 Å². The molecule has 1 fully saturated rings. The Bertz CT molecular complexity index is 747. The van der Waals surface area contributed by atoms with Crippen molar-refractivity contribution in [2.45, 2.75) is 18.8 Å². The first-order chi connectivity index (χ1) is 11.8. The number of ether oxygens (including phenoxy) is 1. The fraction of sp³-hybridized carbons (Fsp3) is 0.316. The Morgan fingerprint density at radius 3 is 2.79 bits per heavy atom. The second-order valence-corrected chi connectivity index (χ2v) is 7.38. The summed E-state index contributed by atoms with van der Waals surface area (Å²) in [6.07, 6.45) is 2.40. The second kappa shape index (κ2) is 7.08. The fourth-order valence-electron chi connectivity index (χ4n) is 3.31. The number of amidine groups is 1. The molecular formula is C19H19ClN2OS. The Labute approximate surface area is 151 Å². The number of hydrogen-bond acceptors (Lipinski definition) is 4. The summed E-state index contributed by atoms with van der Waals surface area (Å²) in [7, 11) is 0. The average Bonchev–Trinajstić information content (AvgIpc) is 2.62. The number of fused-ring (bicyclic) bond motifs is 1. The molecule has 0 aromatic heterocycles. The van der Waals surface area contributed by atoms with E-state index < -0.39 is 0 Å². The summed E-state index contributed by atoms with van der Waals surface area (Å²) in [5.74, 6) is 4.34. The predicted octanol–water partition coefficient (Wildman–Crippen LogP) is 5.37. The standard InChI is InChI=1S/C19H19ClN2OS/c20-15-3-1-4-17(13-15)23-16-8-6-14(7-9-16)18-5-2-10-22-11-12-24-21-19(18)22/h1,3-4,6-9,13,18H,2,5,10-12H2/t18-/m1/s1. The molecule has 0 amide bonds. The topological polar surface area (TPSA) is 24.8 Å². The van der Waals surface area contributed by atoms with Gasteiger partial charge in [0.2, 0.25) is 0 Å². The number of piperidine rings is 1. The smallest absolute Gasteiger partial charge is 0.128 e. The van der Waals surface area contributed by atoms with Crippen molar-refractivity contribution in [2.75, 3.05) is 18.8 Å². The summed E-state index contributed by atoms with van der Waals surface area (Å²) in [4.78, 5) is 2.45. The Balaban J connectivity index is 1.52. The fourth-order valence-corrected chi connectivity index (χ4v) is 4.26. The van der Waals surface area contributed by atoms with Crippen LogP contribution < -0.4 is 4.74 Å². The van der Waals surface area contributed by atoms with Gasteiger partial charge in [-0.25, -0.2) is 4.40 Å². The molecule has 0 radical (unpaired) electrons. The largest absolute Gasteiger partial charge is 0.457 e. The zero-order chi connectivity index (χ0) is 16.4. The van der Waals surface area contributed by atoms with Gasteiger partial charge in [-0.05, 0) is 60.7 Å². The molecule has 2 aromatic carbocycles. The second-order valence-electron chi connectivity index (χ2n) is 6.09. The Morgan fingerprint density at radius 2 is 1.96 bits per heavy atom.